The summed E-state index contributed by atoms with van der Waals surface area (Å²) in [5.41, 5.74) is 0. The van der Waals surface area contributed by atoms with Crippen LogP contribution >= 0.6 is 38.9 Å². The summed E-state index contributed by atoms with van der Waals surface area (Å²) in [5, 5.41) is -0.544. The molecule has 1 unspecified atom stereocenters. The minimum absolute atomic E-state index is 0.145. The van der Waals surface area contributed by atoms with Gasteiger partial charge in [0.25, 0.3) is 0 Å². The van der Waals surface area contributed by atoms with Gasteiger partial charge in [-0.3, -0.25) is 0 Å². The maximum Gasteiger partial charge on any atom is 0.411 e. The number of hydrogen-bond donors (Lipinski definition) is 0. The molecule has 0 radical (unpaired) electrons. The molecule has 0 bridgehead atoms. The highest BCUT2D eigenvalue weighted by atomic mass is 79.9. The van der Waals surface area contributed by atoms with Crippen LogP contribution in [0.3, 0.4) is 0 Å². The van der Waals surface area contributed by atoms with E-state index in [0.29, 0.717) is 0 Å². The minimum Gasteiger partial charge on any atom is -0.370 e. The molecule has 1 atom stereocenters. The molecule has 0 aliphatic carbocycles. The molecular formula is C9H9BrClF3OS. The van der Waals surface area contributed by atoms with Crippen molar-refractivity contribution >= 4 is 38.9 Å². The van der Waals surface area contributed by atoms with E-state index in [1.165, 1.54) is 11.3 Å². The number of aryl methyl sites for hydroxylation is 1. The predicted molar refractivity (Wildman–Crippen MR) is 62.2 cm³/mol. The van der Waals surface area contributed by atoms with E-state index in [1.807, 2.05) is 6.92 Å². The molecule has 0 aromatic carbocycles. The maximum absolute atomic E-state index is 11.8. The Morgan fingerprint density at radius 2 is 2.19 bits per heavy atom. The van der Waals surface area contributed by atoms with Gasteiger partial charge in [0.1, 0.15) is 6.61 Å². The van der Waals surface area contributed by atoms with Gasteiger partial charge in [-0.2, -0.15) is 13.2 Å². The van der Waals surface area contributed by atoms with E-state index in [9.17, 15) is 13.2 Å². The number of alkyl halides is 4. The van der Waals surface area contributed by atoms with E-state index >= 15 is 0 Å². The third-order valence-electron chi connectivity index (χ3n) is 1.71. The number of ether oxygens (including phenoxy) is 1. The van der Waals surface area contributed by atoms with Crippen molar-refractivity contribution in [1.82, 2.24) is 0 Å². The van der Waals surface area contributed by atoms with Gasteiger partial charge >= 0.3 is 6.18 Å². The van der Waals surface area contributed by atoms with Crippen LogP contribution in [0.1, 0.15) is 15.1 Å². The Hall–Kier alpha value is 0.220. The predicted octanol–water partition coefficient (Wildman–Crippen LogP) is 4.68. The van der Waals surface area contributed by atoms with Crippen molar-refractivity contribution in [2.75, 3.05) is 13.2 Å². The lowest BCUT2D eigenvalue weighted by molar-refractivity contribution is -0.173. The average Bonchev–Trinajstić information content (AvgIpc) is 2.45. The zero-order valence-electron chi connectivity index (χ0n) is 8.28. The Balaban J connectivity index is 2.44. The standard InChI is InChI=1S/C9H9BrClF3OS/c1-5-6(10)2-8(16-5)7(11)3-15-4-9(12,13)14/h2,7H,3-4H2,1H3. The van der Waals surface area contributed by atoms with Crippen LogP contribution in [-0.4, -0.2) is 19.4 Å². The molecule has 0 fully saturated rings. The molecule has 0 saturated heterocycles. The third-order valence-corrected chi connectivity index (χ3v) is 4.46. The molecule has 0 aliphatic rings. The Kier molecular flexibility index (Phi) is 5.10. The van der Waals surface area contributed by atoms with Gasteiger partial charge in [0, 0.05) is 14.2 Å². The summed E-state index contributed by atoms with van der Waals surface area (Å²) in [7, 11) is 0. The normalized spacial score (nSPS) is 14.1. The first-order valence-corrected chi connectivity index (χ1v) is 6.38. The van der Waals surface area contributed by atoms with E-state index in [-0.39, 0.29) is 6.61 Å². The van der Waals surface area contributed by atoms with Crippen molar-refractivity contribution in [3.8, 4) is 0 Å². The average molecular weight is 338 g/mol. The van der Waals surface area contributed by atoms with Crippen LogP contribution in [0.4, 0.5) is 13.2 Å². The van der Waals surface area contributed by atoms with E-state index in [1.54, 1.807) is 6.07 Å². The van der Waals surface area contributed by atoms with Gasteiger partial charge in [-0.25, -0.2) is 0 Å². The molecule has 1 aromatic heterocycles. The van der Waals surface area contributed by atoms with Crippen LogP contribution in [0.2, 0.25) is 0 Å². The molecule has 0 amide bonds. The summed E-state index contributed by atoms with van der Waals surface area (Å²) in [6.45, 7) is 0.494. The zero-order chi connectivity index (χ0) is 12.3. The van der Waals surface area contributed by atoms with Gasteiger partial charge in [0.15, 0.2) is 0 Å². The Labute approximate surface area is 109 Å². The smallest absolute Gasteiger partial charge is 0.370 e. The highest BCUT2D eigenvalue weighted by molar-refractivity contribution is 9.10. The summed E-state index contributed by atoms with van der Waals surface area (Å²) in [5.74, 6) is 0. The van der Waals surface area contributed by atoms with Crippen molar-refractivity contribution < 1.29 is 17.9 Å². The first kappa shape index (κ1) is 14.3. The molecule has 1 aromatic rings. The van der Waals surface area contributed by atoms with Crippen molar-refractivity contribution in [2.45, 2.75) is 18.5 Å². The summed E-state index contributed by atoms with van der Waals surface area (Å²) in [6, 6.07) is 1.80. The monoisotopic (exact) mass is 336 g/mol. The Morgan fingerprint density at radius 1 is 1.56 bits per heavy atom. The number of thiophene rings is 1. The highest BCUT2D eigenvalue weighted by Gasteiger charge is 2.28. The van der Waals surface area contributed by atoms with E-state index in [2.05, 4.69) is 20.7 Å². The zero-order valence-corrected chi connectivity index (χ0v) is 11.4. The molecule has 1 rings (SSSR count). The minimum atomic E-state index is -4.30. The summed E-state index contributed by atoms with van der Waals surface area (Å²) >= 11 is 10.7. The molecule has 7 heteroatoms. The van der Waals surface area contributed by atoms with Crippen LogP contribution in [-0.2, 0) is 4.74 Å². The van der Waals surface area contributed by atoms with Crippen molar-refractivity contribution in [3.05, 3.63) is 20.3 Å². The van der Waals surface area contributed by atoms with Crippen molar-refractivity contribution in [2.24, 2.45) is 0 Å². The molecule has 16 heavy (non-hydrogen) atoms. The molecular weight excluding hydrogens is 329 g/mol. The van der Waals surface area contributed by atoms with Crippen LogP contribution in [0, 0.1) is 6.92 Å². The number of halogens is 5. The van der Waals surface area contributed by atoms with E-state index in [0.717, 1.165) is 14.2 Å². The van der Waals surface area contributed by atoms with Gasteiger partial charge in [-0.05, 0) is 28.9 Å². The van der Waals surface area contributed by atoms with Crippen molar-refractivity contribution in [1.29, 1.82) is 0 Å². The van der Waals surface area contributed by atoms with E-state index < -0.39 is 18.2 Å². The summed E-state index contributed by atoms with van der Waals surface area (Å²) in [6.07, 6.45) is -4.30. The summed E-state index contributed by atoms with van der Waals surface area (Å²) < 4.78 is 40.8. The van der Waals surface area contributed by atoms with Gasteiger partial charge in [-0.15, -0.1) is 22.9 Å². The third kappa shape index (κ3) is 4.61. The molecule has 92 valence electrons. The Morgan fingerprint density at radius 3 is 2.62 bits per heavy atom. The van der Waals surface area contributed by atoms with Gasteiger partial charge in [0.2, 0.25) is 0 Å². The fourth-order valence-electron chi connectivity index (χ4n) is 0.996. The molecule has 0 spiro atoms. The van der Waals surface area contributed by atoms with E-state index in [4.69, 9.17) is 11.6 Å². The lowest BCUT2D eigenvalue weighted by Crippen LogP contribution is -2.18. The topological polar surface area (TPSA) is 9.23 Å². The van der Waals surface area contributed by atoms with Crippen LogP contribution < -0.4 is 0 Å². The second-order valence-corrected chi connectivity index (χ2v) is 5.82. The van der Waals surface area contributed by atoms with Gasteiger partial charge in [0.05, 0.1) is 12.0 Å². The fourth-order valence-corrected chi connectivity index (χ4v) is 2.81. The van der Waals surface area contributed by atoms with Gasteiger partial charge in [-0.1, -0.05) is 0 Å². The largest absolute Gasteiger partial charge is 0.411 e. The number of hydrogen-bond acceptors (Lipinski definition) is 2. The first-order chi connectivity index (χ1) is 7.29. The van der Waals surface area contributed by atoms with Crippen LogP contribution in [0.25, 0.3) is 0 Å². The second kappa shape index (κ2) is 5.71. The maximum atomic E-state index is 11.8. The lowest BCUT2D eigenvalue weighted by atomic mass is 10.3. The Bertz CT molecular complexity index is 334. The highest BCUT2D eigenvalue weighted by Crippen LogP contribution is 2.33. The molecule has 0 aliphatic heterocycles. The quantitative estimate of drug-likeness (QED) is 0.725. The fraction of sp³-hybridized carbons (Fsp3) is 0.556. The van der Waals surface area contributed by atoms with Gasteiger partial charge < -0.3 is 4.74 Å². The molecule has 1 heterocycles. The van der Waals surface area contributed by atoms with Crippen LogP contribution in [0.5, 0.6) is 0 Å². The molecule has 1 nitrogen and oxygen atoms in total. The first-order valence-electron chi connectivity index (χ1n) is 4.34. The van der Waals surface area contributed by atoms with Crippen LogP contribution in [0.15, 0.2) is 10.5 Å². The number of rotatable bonds is 4. The van der Waals surface area contributed by atoms with Crippen molar-refractivity contribution in [3.63, 3.8) is 0 Å². The summed E-state index contributed by atoms with van der Waals surface area (Å²) in [4.78, 5) is 1.84. The lowest BCUT2D eigenvalue weighted by Gasteiger charge is -2.10. The second-order valence-electron chi connectivity index (χ2n) is 3.15. The SMILES string of the molecule is Cc1sc(C(Cl)COCC(F)(F)F)cc1Br. The molecule has 0 saturated carbocycles. The molecule has 0 N–H and O–H groups in total.